The van der Waals surface area contributed by atoms with Gasteiger partial charge in [-0.15, -0.1) is 0 Å². The summed E-state index contributed by atoms with van der Waals surface area (Å²) in [5.74, 6) is 0. The maximum Gasteiger partial charge on any atom is 0.212 e. The molecule has 0 amide bonds. The number of hydrogen-bond donors (Lipinski definition) is 0. The monoisotopic (exact) mass is 1630 g/mol. The minimum atomic E-state index is -2.47. The van der Waals surface area contributed by atoms with Gasteiger partial charge in [0.05, 0.1) is 0 Å². The van der Waals surface area contributed by atoms with Crippen LogP contribution in [0.5, 0.6) is 0 Å². The van der Waals surface area contributed by atoms with Gasteiger partial charge >= 0.3 is 0 Å². The SMILES string of the molecule is CCc1cc(-c2cc(-c3ccccc3)c(C)cc2C)[n+](C)cc1C.CCc1cc(-c2cc(-c3ccccc3)c(C)cc2C)[n+](C)cc1CC.[2H]C([2H])([2H])c1cc(C)c(-c2cc(C([2H])([2H])C)c(C([2H])([2H])C)c[n+]2C)cc1-c1ccccc1.[2H]C([2H])([2H])c1cc(C)c(-c2cc(C([2H])([2H])C)c(C([2H])([2H])[2H])c[n+]2C)cc1-c1ccccc1.[2H]C([2H])([2H])c1cc(C)c(-c2cc(C)c(C([2H])([2H])C)c[n+]2C)cc1-c1ccccc1. The van der Waals surface area contributed by atoms with E-state index < -0.39 is 52.9 Å². The predicted molar refractivity (Wildman–Crippen MR) is 520 cm³/mol. The summed E-state index contributed by atoms with van der Waals surface area (Å²) < 4.78 is 171. The molecule has 5 heterocycles. The van der Waals surface area contributed by atoms with E-state index in [1.165, 1.54) is 116 Å². The Bertz CT molecular complexity index is 6880. The molecular weight excluding hydrogens is 1480 g/mol. The van der Waals surface area contributed by atoms with Crippen LogP contribution in [-0.4, -0.2) is 0 Å². The zero-order chi connectivity index (χ0) is 105. The molecule has 5 aromatic heterocycles. The predicted octanol–water partition coefficient (Wildman–Crippen LogP) is 27.2. The quantitative estimate of drug-likeness (QED) is 0.0810. The average molecular weight is 1630 g/mol. The molecule has 0 saturated carbocycles. The van der Waals surface area contributed by atoms with Gasteiger partial charge in [-0.25, -0.2) is 22.8 Å². The van der Waals surface area contributed by atoms with Gasteiger partial charge in [-0.3, -0.25) is 0 Å². The fourth-order valence-electron chi connectivity index (χ4n) is 16.5. The maximum absolute atomic E-state index is 8.29. The highest BCUT2D eigenvalue weighted by molar-refractivity contribution is 5.81. The second-order valence-electron chi connectivity index (χ2n) is 31.9. The number of aromatic nitrogens is 5. The maximum atomic E-state index is 8.29. The third kappa shape index (κ3) is 21.1. The van der Waals surface area contributed by atoms with E-state index in [1.54, 1.807) is 79.7 Å². The summed E-state index contributed by atoms with van der Waals surface area (Å²) in [7, 11) is 9.69. The van der Waals surface area contributed by atoms with Crippen molar-refractivity contribution in [2.24, 2.45) is 35.2 Å². The van der Waals surface area contributed by atoms with Crippen LogP contribution in [0.4, 0.5) is 0 Å². The minimum absolute atomic E-state index is 0.0451. The van der Waals surface area contributed by atoms with Crippen LogP contribution in [0, 0.1) is 89.7 Å². The summed E-state index contributed by atoms with van der Waals surface area (Å²) in [6, 6.07) is 79.4. The van der Waals surface area contributed by atoms with Crippen molar-refractivity contribution in [1.29, 1.82) is 0 Å². The highest BCUT2D eigenvalue weighted by Gasteiger charge is 2.25. The molecule has 122 heavy (non-hydrogen) atoms. The van der Waals surface area contributed by atoms with E-state index in [4.69, 9.17) is 27.4 Å². The first-order chi connectivity index (χ1) is 66.2. The Balaban J connectivity index is 0.000000170. The van der Waals surface area contributed by atoms with E-state index in [-0.39, 0.29) is 33.4 Å². The molecule has 0 saturated heterocycles. The van der Waals surface area contributed by atoms with Gasteiger partial charge in [0.25, 0.3) is 0 Å². The molecule has 15 rings (SSSR count). The van der Waals surface area contributed by atoms with Gasteiger partial charge in [0, 0.05) is 113 Å². The van der Waals surface area contributed by atoms with Crippen LogP contribution >= 0.6 is 0 Å². The summed E-state index contributed by atoms with van der Waals surface area (Å²) in [5.41, 5.74) is 35.6. The van der Waals surface area contributed by atoms with E-state index in [2.05, 4.69) is 188 Å². The van der Waals surface area contributed by atoms with Gasteiger partial charge in [-0.1, -0.05) is 230 Å². The van der Waals surface area contributed by atoms with Gasteiger partial charge in [-0.05, 0) is 304 Å². The van der Waals surface area contributed by atoms with Gasteiger partial charge in [0.15, 0.2) is 31.0 Å². The Morgan fingerprint density at radius 1 is 0.197 bits per heavy atom. The van der Waals surface area contributed by atoms with Crippen LogP contribution in [-0.2, 0) is 80.0 Å². The molecule has 0 aliphatic carbocycles. The molecule has 0 N–H and O–H groups in total. The van der Waals surface area contributed by atoms with Gasteiger partial charge in [0.1, 0.15) is 35.2 Å². The van der Waals surface area contributed by atoms with Gasteiger partial charge in [-0.2, -0.15) is 0 Å². The summed E-state index contributed by atoms with van der Waals surface area (Å²) in [6.07, 6.45) is 5.89. The summed E-state index contributed by atoms with van der Waals surface area (Å²) in [6.45, 7) is 21.6. The van der Waals surface area contributed by atoms with E-state index >= 15 is 0 Å². The lowest BCUT2D eigenvalue weighted by Gasteiger charge is -2.13. The van der Waals surface area contributed by atoms with E-state index in [9.17, 15) is 0 Å². The normalized spacial score (nSPS) is 14.2. The van der Waals surface area contributed by atoms with Crippen molar-refractivity contribution in [3.8, 4) is 112 Å². The molecule has 0 radical (unpaired) electrons. The summed E-state index contributed by atoms with van der Waals surface area (Å²) >= 11 is 0. The molecule has 0 atom stereocenters. The Morgan fingerprint density at radius 2 is 0.434 bits per heavy atom. The molecule has 0 bridgehead atoms. The van der Waals surface area contributed by atoms with E-state index in [0.717, 1.165) is 69.5 Å². The van der Waals surface area contributed by atoms with Crippen LogP contribution in [0.1, 0.15) is 187 Å². The summed E-state index contributed by atoms with van der Waals surface area (Å²) in [5, 5.41) is 0. The van der Waals surface area contributed by atoms with Crippen LogP contribution in [0.15, 0.2) is 274 Å². The number of aryl methyl sites for hydroxylation is 25. The Kier molecular flexibility index (Phi) is 22.7. The average Bonchev–Trinajstić information content (AvgIpc) is 0.752. The van der Waals surface area contributed by atoms with Crippen molar-refractivity contribution >= 4 is 0 Å². The highest BCUT2D eigenvalue weighted by Crippen LogP contribution is 2.38. The standard InChI is InChI=1S/2C24H28N.3C23H26N/c2*1-6-19-14-24(25(5)16-20(19)7-2)23-15-22(17(3)13-18(23)4)21-11-9-8-10-12-21;1-6-19-15-24(5)23(13-16(19)2)22-14-21(17(3)12-18(22)4)20-10-8-7-9-11-20;2*1-6-19-13-23(24(5)15-18(19)4)22-14-21(16(2)12-17(22)3)20-10-8-7-9-11-20/h2*8-16H,6-7H2,1-5H3;3*7-15H,6H2,1-5H3/q5*+1/i3D3,6D2,7D2;;3D3,6D2;2D3,4D3,6D2;. The number of rotatable bonds is 17. The van der Waals surface area contributed by atoms with Gasteiger partial charge in [0.2, 0.25) is 28.5 Å². The van der Waals surface area contributed by atoms with Crippen molar-refractivity contribution in [2.45, 2.75) is 183 Å². The topological polar surface area (TPSA) is 19.4 Å². The van der Waals surface area contributed by atoms with E-state index in [1.807, 2.05) is 148 Å². The molecule has 0 aliphatic rings. The smallest absolute Gasteiger partial charge is 0.201 e. The van der Waals surface area contributed by atoms with Crippen LogP contribution in [0.25, 0.3) is 112 Å². The molecule has 0 spiro atoms. The Morgan fingerprint density at radius 3 is 0.738 bits per heavy atom. The first kappa shape index (κ1) is 66.6. The molecule has 5 heteroatoms. The number of benzene rings is 10. The van der Waals surface area contributed by atoms with Crippen molar-refractivity contribution in [3.05, 3.63) is 385 Å². The Labute approximate surface area is 761 Å². The largest absolute Gasteiger partial charge is 0.212 e. The van der Waals surface area contributed by atoms with Gasteiger partial charge < -0.3 is 0 Å². The molecule has 0 aliphatic heterocycles. The molecular formula is C117H134N5+5. The van der Waals surface area contributed by atoms with Crippen LogP contribution in [0.2, 0.25) is 0 Å². The number of hydrogen-bond acceptors (Lipinski definition) is 0. The lowest BCUT2D eigenvalue weighted by atomic mass is 9.92. The lowest BCUT2D eigenvalue weighted by molar-refractivity contribution is -0.661. The highest BCUT2D eigenvalue weighted by atomic mass is 14.9. The van der Waals surface area contributed by atoms with Crippen molar-refractivity contribution in [1.82, 2.24) is 0 Å². The van der Waals surface area contributed by atoms with Crippen molar-refractivity contribution in [3.63, 3.8) is 0 Å². The molecule has 15 aromatic rings. The van der Waals surface area contributed by atoms with E-state index in [0.29, 0.717) is 50.3 Å². The third-order valence-electron chi connectivity index (χ3n) is 23.3. The lowest BCUT2D eigenvalue weighted by Crippen LogP contribution is -2.32. The zero-order valence-corrected chi connectivity index (χ0v) is 75.3. The molecule has 5 nitrogen and oxygen atoms in total. The molecule has 0 fully saturated rings. The summed E-state index contributed by atoms with van der Waals surface area (Å²) in [4.78, 5) is 0. The third-order valence-corrected chi connectivity index (χ3v) is 23.3. The molecule has 0 unspecified atom stereocenters. The molecule has 10 aromatic carbocycles. The second kappa shape index (κ2) is 41.5. The second-order valence-corrected chi connectivity index (χ2v) is 31.9. The van der Waals surface area contributed by atoms with Crippen molar-refractivity contribution < 1.29 is 50.3 Å². The number of nitrogens with zero attached hydrogens (tertiary/aromatic N) is 5. The van der Waals surface area contributed by atoms with Crippen LogP contribution < -0.4 is 22.8 Å². The van der Waals surface area contributed by atoms with Crippen molar-refractivity contribution in [2.75, 3.05) is 0 Å². The first-order valence-corrected chi connectivity index (χ1v) is 42.2. The number of pyridine rings is 5. The first-order valence-electron chi connectivity index (χ1n) is 52.2. The fraction of sp³-hybridized carbons (Fsp3) is 0.274. The fourth-order valence-corrected chi connectivity index (χ4v) is 16.5. The molecule has 622 valence electrons. The zero-order valence-electron chi connectivity index (χ0n) is 95.3. The minimum Gasteiger partial charge on any atom is -0.201 e. The Hall–Kier alpha value is -12.1. The van der Waals surface area contributed by atoms with Crippen LogP contribution in [0.3, 0.4) is 0 Å².